The van der Waals surface area contributed by atoms with Gasteiger partial charge in [0.25, 0.3) is 0 Å². The molecule has 0 atom stereocenters. The van der Waals surface area contributed by atoms with Gasteiger partial charge in [-0.1, -0.05) is 66.7 Å². The summed E-state index contributed by atoms with van der Waals surface area (Å²) in [4.78, 5) is 11.4. The molecule has 4 aromatic carbocycles. The van der Waals surface area contributed by atoms with Crippen LogP contribution < -0.4 is 0 Å². The Hall–Kier alpha value is -2.67. The molecule has 0 amide bonds. The maximum absolute atomic E-state index is 11.4. The van der Waals surface area contributed by atoms with Gasteiger partial charge in [-0.25, -0.2) is 0 Å². The molecule has 0 aromatic heterocycles. The van der Waals surface area contributed by atoms with Crippen LogP contribution in [0.2, 0.25) is 0 Å². The van der Waals surface area contributed by atoms with Gasteiger partial charge < -0.3 is 0 Å². The van der Waals surface area contributed by atoms with Crippen LogP contribution in [0.15, 0.2) is 66.7 Å². The van der Waals surface area contributed by atoms with Crippen molar-refractivity contribution in [2.75, 3.05) is 0 Å². The average Bonchev–Trinajstić information content (AvgIpc) is 2.54. The van der Waals surface area contributed by atoms with Gasteiger partial charge in [0.1, 0.15) is 0 Å². The predicted molar refractivity (Wildman–Crippen MR) is 84.3 cm³/mol. The number of carbonyl (C=O) groups excluding carboxylic acids is 1. The lowest BCUT2D eigenvalue weighted by Gasteiger charge is -2.11. The largest absolute Gasteiger partial charge is 0.298 e. The quantitative estimate of drug-likeness (QED) is 0.347. The third-order valence-corrected chi connectivity index (χ3v) is 3.93. The number of carbonyl (C=O) groups is 1. The van der Waals surface area contributed by atoms with Crippen LogP contribution in [0.25, 0.3) is 32.3 Å². The van der Waals surface area contributed by atoms with E-state index < -0.39 is 0 Å². The molecule has 0 spiro atoms. The zero-order valence-electron chi connectivity index (χ0n) is 10.8. The molecule has 0 unspecified atom stereocenters. The van der Waals surface area contributed by atoms with Crippen molar-refractivity contribution in [2.45, 2.75) is 0 Å². The van der Waals surface area contributed by atoms with Crippen LogP contribution in [-0.2, 0) is 0 Å². The molecular formula is C19H12O. The Morgan fingerprint density at radius 2 is 1.00 bits per heavy atom. The van der Waals surface area contributed by atoms with Gasteiger partial charge in [0.15, 0.2) is 6.29 Å². The molecule has 0 radical (unpaired) electrons. The summed E-state index contributed by atoms with van der Waals surface area (Å²) in [6.07, 6.45) is 0.948. The number of fused-ring (bicyclic) bond motifs is 6. The van der Waals surface area contributed by atoms with Crippen LogP contribution in [-0.4, -0.2) is 6.29 Å². The van der Waals surface area contributed by atoms with Gasteiger partial charge in [-0.2, -0.15) is 0 Å². The molecule has 0 aliphatic rings. The van der Waals surface area contributed by atoms with E-state index >= 15 is 0 Å². The highest BCUT2D eigenvalue weighted by atomic mass is 16.1. The summed E-state index contributed by atoms with van der Waals surface area (Å²) in [6, 6.07) is 22.6. The van der Waals surface area contributed by atoms with E-state index in [0.29, 0.717) is 0 Å². The van der Waals surface area contributed by atoms with Crippen molar-refractivity contribution in [3.05, 3.63) is 72.3 Å². The third kappa shape index (κ3) is 1.41. The molecule has 20 heavy (non-hydrogen) atoms. The Bertz CT molecular complexity index is 922. The zero-order chi connectivity index (χ0) is 13.5. The van der Waals surface area contributed by atoms with Gasteiger partial charge in [0, 0.05) is 10.9 Å². The average molecular weight is 256 g/mol. The van der Waals surface area contributed by atoms with Crippen LogP contribution >= 0.6 is 0 Å². The summed E-state index contributed by atoms with van der Waals surface area (Å²) < 4.78 is 0. The first-order valence-corrected chi connectivity index (χ1v) is 6.67. The Balaban J connectivity index is 2.46. The second kappa shape index (κ2) is 4.17. The Labute approximate surface area is 116 Å². The summed E-state index contributed by atoms with van der Waals surface area (Å²) in [7, 11) is 0. The van der Waals surface area contributed by atoms with Gasteiger partial charge in [0.05, 0.1) is 0 Å². The molecule has 0 saturated heterocycles. The van der Waals surface area contributed by atoms with Crippen molar-refractivity contribution in [1.29, 1.82) is 0 Å². The summed E-state index contributed by atoms with van der Waals surface area (Å²) in [5.41, 5.74) is 0.754. The molecule has 0 heterocycles. The molecular weight excluding hydrogens is 244 g/mol. The van der Waals surface area contributed by atoms with Gasteiger partial charge in [-0.05, 0) is 26.9 Å². The fraction of sp³-hybridized carbons (Fsp3) is 0. The summed E-state index contributed by atoms with van der Waals surface area (Å²) in [5, 5.41) is 6.97. The molecule has 0 bridgehead atoms. The summed E-state index contributed by atoms with van der Waals surface area (Å²) >= 11 is 0. The standard InChI is InChI=1S/C19H12O/c20-12-13-6-5-11-18-16-8-2-1-7-14(16)15-9-3-4-10-17(15)19(13)18/h1-12H. The molecule has 94 valence electrons. The van der Waals surface area contributed by atoms with Gasteiger partial charge in [0.2, 0.25) is 0 Å². The number of hydrogen-bond donors (Lipinski definition) is 0. The lowest BCUT2D eigenvalue weighted by atomic mass is 9.92. The van der Waals surface area contributed by atoms with E-state index in [1.54, 1.807) is 0 Å². The normalized spacial score (nSPS) is 11.2. The van der Waals surface area contributed by atoms with Crippen LogP contribution in [0.5, 0.6) is 0 Å². The lowest BCUT2D eigenvalue weighted by molar-refractivity contribution is 0.112. The van der Waals surface area contributed by atoms with Gasteiger partial charge in [-0.3, -0.25) is 4.79 Å². The Morgan fingerprint density at radius 1 is 0.550 bits per heavy atom. The topological polar surface area (TPSA) is 17.1 Å². The summed E-state index contributed by atoms with van der Waals surface area (Å²) in [5.74, 6) is 0. The lowest BCUT2D eigenvalue weighted by Crippen LogP contribution is -1.87. The van der Waals surface area contributed by atoms with E-state index in [1.165, 1.54) is 16.2 Å². The van der Waals surface area contributed by atoms with Crippen LogP contribution in [0.1, 0.15) is 10.4 Å². The van der Waals surface area contributed by atoms with Crippen molar-refractivity contribution in [3.8, 4) is 0 Å². The molecule has 0 aliphatic carbocycles. The second-order valence-corrected chi connectivity index (χ2v) is 4.98. The molecule has 1 nitrogen and oxygen atoms in total. The van der Waals surface area contributed by atoms with Gasteiger partial charge in [-0.15, -0.1) is 0 Å². The van der Waals surface area contributed by atoms with E-state index in [2.05, 4.69) is 36.4 Å². The van der Waals surface area contributed by atoms with Crippen molar-refractivity contribution in [2.24, 2.45) is 0 Å². The highest BCUT2D eigenvalue weighted by molar-refractivity contribution is 6.27. The molecule has 0 saturated carbocycles. The first-order chi connectivity index (χ1) is 9.90. The Morgan fingerprint density at radius 3 is 1.55 bits per heavy atom. The van der Waals surface area contributed by atoms with Crippen molar-refractivity contribution >= 4 is 38.6 Å². The molecule has 1 heteroatoms. The maximum Gasteiger partial charge on any atom is 0.150 e. The van der Waals surface area contributed by atoms with E-state index in [0.717, 1.165) is 28.0 Å². The molecule has 4 rings (SSSR count). The van der Waals surface area contributed by atoms with Crippen molar-refractivity contribution < 1.29 is 4.79 Å². The van der Waals surface area contributed by atoms with E-state index in [1.807, 2.05) is 30.3 Å². The molecule has 0 N–H and O–H groups in total. The minimum Gasteiger partial charge on any atom is -0.298 e. The van der Waals surface area contributed by atoms with Crippen LogP contribution in [0, 0.1) is 0 Å². The number of benzene rings is 4. The monoisotopic (exact) mass is 256 g/mol. The number of aldehydes is 1. The Kier molecular flexibility index (Phi) is 2.33. The minimum absolute atomic E-state index is 0.754. The zero-order valence-corrected chi connectivity index (χ0v) is 10.8. The van der Waals surface area contributed by atoms with E-state index in [9.17, 15) is 4.79 Å². The van der Waals surface area contributed by atoms with E-state index in [-0.39, 0.29) is 0 Å². The fourth-order valence-corrected chi connectivity index (χ4v) is 3.08. The smallest absolute Gasteiger partial charge is 0.150 e. The first kappa shape index (κ1) is 11.2. The third-order valence-electron chi connectivity index (χ3n) is 3.93. The van der Waals surface area contributed by atoms with Crippen LogP contribution in [0.3, 0.4) is 0 Å². The predicted octanol–water partition coefficient (Wildman–Crippen LogP) is 4.96. The minimum atomic E-state index is 0.754. The first-order valence-electron chi connectivity index (χ1n) is 6.67. The molecule has 0 fully saturated rings. The van der Waals surface area contributed by atoms with Crippen LogP contribution in [0.4, 0.5) is 0 Å². The maximum atomic E-state index is 11.4. The van der Waals surface area contributed by atoms with Crippen molar-refractivity contribution in [1.82, 2.24) is 0 Å². The highest BCUT2D eigenvalue weighted by Crippen LogP contribution is 2.35. The van der Waals surface area contributed by atoms with Gasteiger partial charge >= 0.3 is 0 Å². The fourth-order valence-electron chi connectivity index (χ4n) is 3.08. The SMILES string of the molecule is O=Cc1cccc2c3ccccc3c3ccccc3c12. The summed E-state index contributed by atoms with van der Waals surface area (Å²) in [6.45, 7) is 0. The highest BCUT2D eigenvalue weighted by Gasteiger charge is 2.10. The number of hydrogen-bond acceptors (Lipinski definition) is 1. The van der Waals surface area contributed by atoms with Crippen molar-refractivity contribution in [3.63, 3.8) is 0 Å². The molecule has 0 aliphatic heterocycles. The molecule has 4 aromatic rings. The van der Waals surface area contributed by atoms with E-state index in [4.69, 9.17) is 0 Å². The second-order valence-electron chi connectivity index (χ2n) is 4.98. The number of rotatable bonds is 1.